The maximum atomic E-state index is 13.5. The molecule has 5 aromatic rings. The van der Waals surface area contributed by atoms with Crippen LogP contribution in [0.15, 0.2) is 85.1 Å². The molecule has 2 aliphatic heterocycles. The van der Waals surface area contributed by atoms with Crippen LogP contribution in [0, 0.1) is 12.7 Å². The average Bonchev–Trinajstić information content (AvgIpc) is 3.03. The zero-order valence-corrected chi connectivity index (χ0v) is 23.0. The fourth-order valence-corrected chi connectivity index (χ4v) is 5.15. The van der Waals surface area contributed by atoms with E-state index in [9.17, 15) is 14.6 Å². The molecular weight excluding hydrogens is 533 g/mol. The van der Waals surface area contributed by atoms with Crippen molar-refractivity contribution in [2.24, 2.45) is 0 Å². The molecule has 0 amide bonds. The Kier molecular flexibility index (Phi) is 7.61. The van der Waals surface area contributed by atoms with E-state index in [1.807, 2.05) is 24.3 Å². The summed E-state index contributed by atoms with van der Waals surface area (Å²) in [6.07, 6.45) is 1.73. The molecular formula is C32H30FN7O2. The number of anilines is 2. The molecule has 2 aromatic heterocycles. The first-order valence-electron chi connectivity index (χ1n) is 13.7. The van der Waals surface area contributed by atoms with Crippen molar-refractivity contribution in [2.45, 2.75) is 13.0 Å². The lowest BCUT2D eigenvalue weighted by Gasteiger charge is -2.42. The molecule has 212 valence electrons. The van der Waals surface area contributed by atoms with Crippen LogP contribution in [-0.2, 0) is 0 Å². The van der Waals surface area contributed by atoms with E-state index >= 15 is 0 Å². The second-order valence-corrected chi connectivity index (χ2v) is 10.2. The Hall–Kier alpha value is -5.09. The second-order valence-electron chi connectivity index (χ2n) is 10.2. The first kappa shape index (κ1) is 27.1. The lowest BCUT2D eigenvalue weighted by molar-refractivity contribution is 0.434. The second kappa shape index (κ2) is 11.8. The summed E-state index contributed by atoms with van der Waals surface area (Å²) in [6, 6.07) is 24.0. The molecule has 7 rings (SSSR count). The molecule has 1 fully saturated rings. The van der Waals surface area contributed by atoms with Crippen LogP contribution in [0.3, 0.4) is 0 Å². The Balaban J connectivity index is 0.000000151. The van der Waals surface area contributed by atoms with E-state index in [2.05, 4.69) is 67.1 Å². The van der Waals surface area contributed by atoms with E-state index < -0.39 is 11.6 Å². The first-order chi connectivity index (χ1) is 20.5. The number of phenolic OH excluding ortho intramolecular Hbond substituents is 2. The van der Waals surface area contributed by atoms with Gasteiger partial charge in [0, 0.05) is 42.9 Å². The minimum Gasteiger partial charge on any atom is -0.507 e. The molecule has 0 radical (unpaired) electrons. The fraction of sp³-hybridized carbons (Fsp3) is 0.188. The molecule has 4 N–H and O–H groups in total. The minimum atomic E-state index is -0.657. The van der Waals surface area contributed by atoms with Gasteiger partial charge in [-0.2, -0.15) is 10.2 Å². The van der Waals surface area contributed by atoms with Gasteiger partial charge in [-0.15, -0.1) is 10.2 Å². The van der Waals surface area contributed by atoms with Crippen molar-refractivity contribution in [3.8, 4) is 45.1 Å². The van der Waals surface area contributed by atoms with Gasteiger partial charge in [-0.3, -0.25) is 0 Å². The number of aromatic hydroxyl groups is 2. The zero-order valence-electron chi connectivity index (χ0n) is 23.0. The molecule has 9 nitrogen and oxygen atoms in total. The summed E-state index contributed by atoms with van der Waals surface area (Å²) >= 11 is 0. The molecule has 1 atom stereocenters. The van der Waals surface area contributed by atoms with E-state index in [0.29, 0.717) is 28.6 Å². The number of hydrogen-bond donors (Lipinski definition) is 4. The van der Waals surface area contributed by atoms with Crippen LogP contribution in [0.1, 0.15) is 5.56 Å². The minimum absolute atomic E-state index is 0.211. The summed E-state index contributed by atoms with van der Waals surface area (Å²) in [5.41, 5.74) is 6.42. The number of hydrogen-bond acceptors (Lipinski definition) is 9. The van der Waals surface area contributed by atoms with Crippen LogP contribution in [0.4, 0.5) is 15.9 Å². The van der Waals surface area contributed by atoms with Gasteiger partial charge in [0.25, 0.3) is 0 Å². The van der Waals surface area contributed by atoms with Crippen molar-refractivity contribution in [1.29, 1.82) is 0 Å². The molecule has 10 heteroatoms. The highest BCUT2D eigenvalue weighted by Crippen LogP contribution is 2.36. The third kappa shape index (κ3) is 5.57. The van der Waals surface area contributed by atoms with Crippen LogP contribution < -0.4 is 15.5 Å². The third-order valence-electron chi connectivity index (χ3n) is 7.42. The Morgan fingerprint density at radius 1 is 0.833 bits per heavy atom. The van der Waals surface area contributed by atoms with Crippen LogP contribution in [0.25, 0.3) is 33.6 Å². The molecule has 42 heavy (non-hydrogen) atoms. The van der Waals surface area contributed by atoms with Crippen LogP contribution >= 0.6 is 0 Å². The van der Waals surface area contributed by atoms with Crippen LogP contribution in [0.5, 0.6) is 11.5 Å². The van der Waals surface area contributed by atoms with Gasteiger partial charge < -0.3 is 25.7 Å². The number of benzene rings is 3. The number of nitrogens with one attached hydrogen (secondary N) is 2. The standard InChI is InChI=1S/C17H14N2O.C15H16FN5O/c1-12-6-8-13(9-7-12)14-10-16(19-18-11-14)15-4-2-3-5-17(15)20;16-11-3-1-2-10(14(11)22)12-6-13-15(20-19-12)18-8-9-7-17-4-5-21(9)13/h2-11,20H,1H3;1-3,6,9,17,22H,4-5,7-8H2,(H,18,20). The molecule has 0 saturated carbocycles. The normalized spacial score (nSPS) is 15.5. The van der Waals surface area contributed by atoms with Crippen molar-refractivity contribution < 1.29 is 14.6 Å². The highest BCUT2D eigenvalue weighted by molar-refractivity contribution is 5.77. The predicted molar refractivity (Wildman–Crippen MR) is 161 cm³/mol. The Labute approximate surface area is 242 Å². The highest BCUT2D eigenvalue weighted by Gasteiger charge is 2.30. The van der Waals surface area contributed by atoms with Crippen molar-refractivity contribution >= 4 is 11.5 Å². The third-order valence-corrected chi connectivity index (χ3v) is 7.42. The van der Waals surface area contributed by atoms with Crippen LogP contribution in [0.2, 0.25) is 0 Å². The molecule has 4 heterocycles. The zero-order chi connectivity index (χ0) is 29.1. The number of piperazine rings is 1. The Morgan fingerprint density at radius 2 is 1.62 bits per heavy atom. The Morgan fingerprint density at radius 3 is 2.45 bits per heavy atom. The smallest absolute Gasteiger partial charge is 0.172 e. The largest absolute Gasteiger partial charge is 0.507 e. The number of aromatic nitrogens is 4. The van der Waals surface area contributed by atoms with Gasteiger partial charge in [-0.25, -0.2) is 4.39 Å². The maximum absolute atomic E-state index is 13.5. The summed E-state index contributed by atoms with van der Waals surface area (Å²) in [5, 5.41) is 42.9. The lowest BCUT2D eigenvalue weighted by Crippen LogP contribution is -2.56. The number of halogens is 1. The van der Waals surface area contributed by atoms with Crippen molar-refractivity contribution in [3.05, 3.63) is 96.4 Å². The first-order valence-corrected chi connectivity index (χ1v) is 13.7. The van der Waals surface area contributed by atoms with E-state index in [1.54, 1.807) is 30.5 Å². The summed E-state index contributed by atoms with van der Waals surface area (Å²) in [7, 11) is 0. The van der Waals surface area contributed by atoms with Crippen molar-refractivity contribution in [1.82, 2.24) is 25.7 Å². The number of para-hydroxylation sites is 2. The average molecular weight is 564 g/mol. The predicted octanol–water partition coefficient (Wildman–Crippen LogP) is 5.02. The van der Waals surface area contributed by atoms with Crippen molar-refractivity contribution in [3.63, 3.8) is 0 Å². The maximum Gasteiger partial charge on any atom is 0.172 e. The number of nitrogens with zero attached hydrogens (tertiary/aromatic N) is 5. The summed E-state index contributed by atoms with van der Waals surface area (Å²) in [5.74, 6) is -0.103. The van der Waals surface area contributed by atoms with Gasteiger partial charge in [-0.1, -0.05) is 48.0 Å². The summed E-state index contributed by atoms with van der Waals surface area (Å²) < 4.78 is 13.5. The highest BCUT2D eigenvalue weighted by atomic mass is 19.1. The van der Waals surface area contributed by atoms with E-state index in [0.717, 1.165) is 48.8 Å². The van der Waals surface area contributed by atoms with Gasteiger partial charge in [0.2, 0.25) is 0 Å². The molecule has 0 bridgehead atoms. The van der Waals surface area contributed by atoms with Gasteiger partial charge in [0.1, 0.15) is 5.75 Å². The summed E-state index contributed by atoms with van der Waals surface area (Å²) in [4.78, 5) is 2.29. The van der Waals surface area contributed by atoms with Crippen molar-refractivity contribution in [2.75, 3.05) is 36.4 Å². The monoisotopic (exact) mass is 563 g/mol. The molecule has 0 aliphatic carbocycles. The number of rotatable bonds is 3. The topological polar surface area (TPSA) is 119 Å². The van der Waals surface area contributed by atoms with Gasteiger partial charge in [0.15, 0.2) is 17.4 Å². The molecule has 2 aliphatic rings. The summed E-state index contributed by atoms with van der Waals surface area (Å²) in [6.45, 7) is 5.59. The SMILES string of the molecule is Cc1ccc(-c2cnnc(-c3ccccc3O)c2)cc1.Oc1c(F)cccc1-c1cc2c(nn1)NCC1CNCCN21. The number of fused-ring (bicyclic) bond motifs is 3. The Bertz CT molecular complexity index is 1710. The number of phenols is 2. The van der Waals surface area contributed by atoms with E-state index in [1.165, 1.54) is 11.6 Å². The molecule has 3 aromatic carbocycles. The van der Waals surface area contributed by atoms with Gasteiger partial charge in [0.05, 0.1) is 29.3 Å². The van der Waals surface area contributed by atoms with E-state index in [4.69, 9.17) is 0 Å². The van der Waals surface area contributed by atoms with Gasteiger partial charge >= 0.3 is 0 Å². The fourth-order valence-electron chi connectivity index (χ4n) is 5.15. The molecule has 1 saturated heterocycles. The number of aryl methyl sites for hydroxylation is 1. The lowest BCUT2D eigenvalue weighted by atomic mass is 10.0. The quantitative estimate of drug-likeness (QED) is 0.240. The molecule has 0 spiro atoms. The van der Waals surface area contributed by atoms with Gasteiger partial charge in [-0.05, 0) is 48.9 Å². The van der Waals surface area contributed by atoms with E-state index in [-0.39, 0.29) is 5.75 Å². The molecule has 1 unspecified atom stereocenters. The van der Waals surface area contributed by atoms with Crippen LogP contribution in [-0.4, -0.2) is 62.8 Å².